The standard InChI is InChI=1S/C27H32N2O3/c1-5-15-31-22-8-6-7-20(16-22)21-17-24-23(9-10-25(24)28-18-21)19-11-13-29(14-12-19)26(30)32-27(2,3)4/h6-9,11,16-18H,5,10,12-15H2,1-4H3. The number of allylic oxidation sites excluding steroid dienone is 2. The second kappa shape index (κ2) is 9.19. The lowest BCUT2D eigenvalue weighted by molar-refractivity contribution is 0.0267. The minimum Gasteiger partial charge on any atom is -0.494 e. The van der Waals surface area contributed by atoms with Gasteiger partial charge < -0.3 is 14.4 Å². The van der Waals surface area contributed by atoms with Gasteiger partial charge in [-0.2, -0.15) is 0 Å². The number of ether oxygens (including phenoxy) is 2. The van der Waals surface area contributed by atoms with E-state index in [-0.39, 0.29) is 6.09 Å². The van der Waals surface area contributed by atoms with Crippen LogP contribution in [0.2, 0.25) is 0 Å². The number of nitrogens with zero attached hydrogens (tertiary/aromatic N) is 2. The van der Waals surface area contributed by atoms with Gasteiger partial charge in [0.2, 0.25) is 0 Å². The summed E-state index contributed by atoms with van der Waals surface area (Å²) >= 11 is 0. The van der Waals surface area contributed by atoms with Crippen LogP contribution in [-0.4, -0.2) is 41.3 Å². The molecular formula is C27H32N2O3. The lowest BCUT2D eigenvalue weighted by Gasteiger charge is -2.30. The smallest absolute Gasteiger partial charge is 0.410 e. The van der Waals surface area contributed by atoms with Gasteiger partial charge in [-0.05, 0) is 68.5 Å². The fourth-order valence-corrected chi connectivity index (χ4v) is 4.05. The average molecular weight is 433 g/mol. The van der Waals surface area contributed by atoms with Gasteiger partial charge in [0.25, 0.3) is 0 Å². The molecule has 0 N–H and O–H groups in total. The largest absolute Gasteiger partial charge is 0.494 e. The molecule has 0 unspecified atom stereocenters. The quantitative estimate of drug-likeness (QED) is 0.578. The van der Waals surface area contributed by atoms with Crippen molar-refractivity contribution in [3.05, 3.63) is 65.5 Å². The summed E-state index contributed by atoms with van der Waals surface area (Å²) in [6.07, 6.45) is 8.76. The van der Waals surface area contributed by atoms with Crippen LogP contribution in [0.15, 0.2) is 54.3 Å². The number of rotatable bonds is 5. The maximum atomic E-state index is 12.4. The highest BCUT2D eigenvalue weighted by atomic mass is 16.6. The van der Waals surface area contributed by atoms with Crippen LogP contribution in [0.3, 0.4) is 0 Å². The summed E-state index contributed by atoms with van der Waals surface area (Å²) in [7, 11) is 0. The normalized spacial score (nSPS) is 15.7. The molecule has 0 radical (unpaired) electrons. The van der Waals surface area contributed by atoms with Crippen molar-refractivity contribution in [1.29, 1.82) is 0 Å². The van der Waals surface area contributed by atoms with E-state index < -0.39 is 5.60 Å². The van der Waals surface area contributed by atoms with Gasteiger partial charge >= 0.3 is 6.09 Å². The van der Waals surface area contributed by atoms with Crippen molar-refractivity contribution < 1.29 is 14.3 Å². The first-order valence-corrected chi connectivity index (χ1v) is 11.4. The van der Waals surface area contributed by atoms with Gasteiger partial charge in [0.05, 0.1) is 12.3 Å². The van der Waals surface area contributed by atoms with E-state index in [1.165, 1.54) is 16.7 Å². The predicted octanol–water partition coefficient (Wildman–Crippen LogP) is 6.04. The van der Waals surface area contributed by atoms with Crippen molar-refractivity contribution in [3.63, 3.8) is 0 Å². The summed E-state index contributed by atoms with van der Waals surface area (Å²) in [4.78, 5) is 18.9. The van der Waals surface area contributed by atoms with Gasteiger partial charge in [-0.3, -0.25) is 4.98 Å². The number of amides is 1. The number of hydrogen-bond acceptors (Lipinski definition) is 4. The molecule has 5 nitrogen and oxygen atoms in total. The number of hydrogen-bond donors (Lipinski definition) is 0. The van der Waals surface area contributed by atoms with Crippen molar-refractivity contribution in [2.45, 2.75) is 52.6 Å². The molecule has 1 aromatic carbocycles. The summed E-state index contributed by atoms with van der Waals surface area (Å²) in [6.45, 7) is 9.74. The molecule has 0 fully saturated rings. The molecule has 0 saturated carbocycles. The maximum absolute atomic E-state index is 12.4. The molecule has 1 aliphatic carbocycles. The molecule has 1 aromatic heterocycles. The topological polar surface area (TPSA) is 51.7 Å². The number of aromatic nitrogens is 1. The molecule has 0 bridgehead atoms. The van der Waals surface area contributed by atoms with Crippen LogP contribution in [0.1, 0.15) is 51.8 Å². The van der Waals surface area contributed by atoms with Gasteiger partial charge in [0.1, 0.15) is 11.4 Å². The van der Waals surface area contributed by atoms with Gasteiger partial charge in [0, 0.05) is 36.8 Å². The molecule has 5 heteroatoms. The lowest BCUT2D eigenvalue weighted by atomic mass is 9.94. The molecule has 32 heavy (non-hydrogen) atoms. The van der Waals surface area contributed by atoms with Crippen LogP contribution >= 0.6 is 0 Å². The molecule has 168 valence electrons. The summed E-state index contributed by atoms with van der Waals surface area (Å²) in [5.74, 6) is 0.887. The third kappa shape index (κ3) is 5.04. The first-order chi connectivity index (χ1) is 15.3. The van der Waals surface area contributed by atoms with Gasteiger partial charge in [-0.15, -0.1) is 0 Å². The van der Waals surface area contributed by atoms with Gasteiger partial charge in [0.15, 0.2) is 0 Å². The Hall–Kier alpha value is -3.08. The van der Waals surface area contributed by atoms with Crippen LogP contribution in [0.5, 0.6) is 5.75 Å². The number of carbonyl (C=O) groups excluding carboxylic acids is 1. The minimum atomic E-state index is -0.477. The third-order valence-electron chi connectivity index (χ3n) is 5.61. The summed E-state index contributed by atoms with van der Waals surface area (Å²) in [5, 5.41) is 0. The van der Waals surface area contributed by atoms with Crippen molar-refractivity contribution in [3.8, 4) is 16.9 Å². The highest BCUT2D eigenvalue weighted by molar-refractivity contribution is 5.86. The molecule has 2 heterocycles. The zero-order valence-electron chi connectivity index (χ0n) is 19.5. The Kier molecular flexibility index (Phi) is 6.35. The van der Waals surface area contributed by atoms with Crippen LogP contribution < -0.4 is 4.74 Å². The molecule has 1 amide bonds. The van der Waals surface area contributed by atoms with Crippen molar-refractivity contribution >= 4 is 11.7 Å². The molecule has 2 aromatic rings. The minimum absolute atomic E-state index is 0.247. The number of carbonyl (C=O) groups is 1. The Balaban J connectivity index is 1.52. The Morgan fingerprint density at radius 2 is 2.00 bits per heavy atom. The van der Waals surface area contributed by atoms with E-state index in [0.29, 0.717) is 19.7 Å². The van der Waals surface area contributed by atoms with Crippen LogP contribution in [0.25, 0.3) is 16.7 Å². The van der Waals surface area contributed by atoms with E-state index in [9.17, 15) is 4.79 Å². The first kappa shape index (κ1) is 22.1. The van der Waals surface area contributed by atoms with E-state index in [1.54, 1.807) is 4.90 Å². The van der Waals surface area contributed by atoms with E-state index >= 15 is 0 Å². The second-order valence-corrected chi connectivity index (χ2v) is 9.32. The van der Waals surface area contributed by atoms with Crippen LogP contribution in [0, 0.1) is 0 Å². The SMILES string of the molecule is CCCOc1cccc(-c2cnc3c(c2)C(C2=CCN(C(=O)OC(C)(C)C)CC2)=CC3)c1. The predicted molar refractivity (Wildman–Crippen MR) is 128 cm³/mol. The van der Waals surface area contributed by atoms with Crippen molar-refractivity contribution in [1.82, 2.24) is 9.88 Å². The highest BCUT2D eigenvalue weighted by Gasteiger charge is 2.26. The molecule has 0 spiro atoms. The van der Waals surface area contributed by atoms with Crippen molar-refractivity contribution in [2.75, 3.05) is 19.7 Å². The molecule has 1 aliphatic heterocycles. The molecule has 2 aliphatic rings. The van der Waals surface area contributed by atoms with Crippen LogP contribution in [0.4, 0.5) is 4.79 Å². The van der Waals surface area contributed by atoms with Crippen molar-refractivity contribution in [2.24, 2.45) is 0 Å². The second-order valence-electron chi connectivity index (χ2n) is 9.32. The van der Waals surface area contributed by atoms with Crippen LogP contribution in [-0.2, 0) is 11.2 Å². The van der Waals surface area contributed by atoms with Gasteiger partial charge in [-0.1, -0.05) is 31.2 Å². The van der Waals surface area contributed by atoms with E-state index in [1.807, 2.05) is 39.1 Å². The summed E-state index contributed by atoms with van der Waals surface area (Å²) in [6, 6.07) is 10.4. The fourth-order valence-electron chi connectivity index (χ4n) is 4.05. The maximum Gasteiger partial charge on any atom is 0.410 e. The molecule has 0 saturated heterocycles. The third-order valence-corrected chi connectivity index (χ3v) is 5.61. The highest BCUT2D eigenvalue weighted by Crippen LogP contribution is 2.37. The van der Waals surface area contributed by atoms with Gasteiger partial charge in [-0.25, -0.2) is 4.79 Å². The van der Waals surface area contributed by atoms with E-state index in [0.717, 1.165) is 41.8 Å². The number of fused-ring (bicyclic) bond motifs is 1. The Morgan fingerprint density at radius 1 is 1.16 bits per heavy atom. The Bertz CT molecular complexity index is 1060. The number of pyridine rings is 1. The molecular weight excluding hydrogens is 400 g/mol. The number of benzene rings is 1. The lowest BCUT2D eigenvalue weighted by Crippen LogP contribution is -2.39. The fraction of sp³-hybridized carbons (Fsp3) is 0.407. The zero-order chi connectivity index (χ0) is 22.7. The summed E-state index contributed by atoms with van der Waals surface area (Å²) < 4.78 is 11.3. The monoisotopic (exact) mass is 432 g/mol. The first-order valence-electron chi connectivity index (χ1n) is 11.4. The Labute approximate surface area is 190 Å². The molecule has 4 rings (SSSR count). The summed E-state index contributed by atoms with van der Waals surface area (Å²) in [5.41, 5.74) is 6.55. The Morgan fingerprint density at radius 3 is 2.72 bits per heavy atom. The molecule has 0 atom stereocenters. The zero-order valence-corrected chi connectivity index (χ0v) is 19.5. The average Bonchev–Trinajstić information content (AvgIpc) is 3.20. The van der Waals surface area contributed by atoms with E-state index in [2.05, 4.69) is 37.3 Å². The van der Waals surface area contributed by atoms with E-state index in [4.69, 9.17) is 14.5 Å².